The maximum atomic E-state index is 11.7. The molecule has 14 heavy (non-hydrogen) atoms. The van der Waals surface area contributed by atoms with Gasteiger partial charge in [0.25, 0.3) is 0 Å². The van der Waals surface area contributed by atoms with Gasteiger partial charge in [0, 0.05) is 29.2 Å². The fourth-order valence-electron chi connectivity index (χ4n) is 0.939. The minimum Gasteiger partial charge on any atom is -0.317 e. The molecule has 0 bridgehead atoms. The molecular weight excluding hydrogens is 215 g/mol. The highest BCUT2D eigenvalue weighted by molar-refractivity contribution is 7.84. The molecule has 0 fully saturated rings. The monoisotopic (exact) mass is 231 g/mol. The first-order valence-corrected chi connectivity index (χ1v) is 6.22. The molecule has 2 nitrogen and oxygen atoms in total. The summed E-state index contributed by atoms with van der Waals surface area (Å²) in [5.74, 6) is 0.603. The van der Waals surface area contributed by atoms with Crippen LogP contribution in [0.2, 0.25) is 0 Å². The van der Waals surface area contributed by atoms with Crippen LogP contribution in [0.15, 0.2) is 0 Å². The molecule has 0 aliphatic rings. The van der Waals surface area contributed by atoms with Gasteiger partial charge in [0.15, 0.2) is 0 Å². The van der Waals surface area contributed by atoms with E-state index in [1.54, 1.807) is 6.26 Å². The Labute approximate surface area is 84.7 Å². The molecule has 0 aromatic carbocycles. The predicted molar refractivity (Wildman–Crippen MR) is 51.7 cm³/mol. The van der Waals surface area contributed by atoms with Gasteiger partial charge >= 0.3 is 6.18 Å². The Bertz CT molecular complexity index is 172. The minimum atomic E-state index is -4.05. The summed E-state index contributed by atoms with van der Waals surface area (Å²) in [5.41, 5.74) is 0. The summed E-state index contributed by atoms with van der Waals surface area (Å²) in [6.07, 6.45) is -2.32. The van der Waals surface area contributed by atoms with E-state index in [2.05, 4.69) is 5.32 Å². The Morgan fingerprint density at radius 3 is 2.29 bits per heavy atom. The van der Waals surface area contributed by atoms with E-state index in [9.17, 15) is 17.4 Å². The van der Waals surface area contributed by atoms with E-state index in [-0.39, 0.29) is 6.42 Å². The van der Waals surface area contributed by atoms with Crippen molar-refractivity contribution >= 4 is 10.8 Å². The van der Waals surface area contributed by atoms with Crippen LogP contribution >= 0.6 is 0 Å². The third-order valence-electron chi connectivity index (χ3n) is 1.60. The van der Waals surface area contributed by atoms with Crippen LogP contribution < -0.4 is 5.32 Å². The van der Waals surface area contributed by atoms with Gasteiger partial charge in [-0.05, 0) is 25.9 Å². The predicted octanol–water partition coefficient (Wildman–Crippen LogP) is 1.69. The quantitative estimate of drug-likeness (QED) is 0.675. The molecule has 0 saturated carbocycles. The van der Waals surface area contributed by atoms with Crippen molar-refractivity contribution < 1.29 is 17.4 Å². The maximum Gasteiger partial charge on any atom is 0.389 e. The fraction of sp³-hybridized carbons (Fsp3) is 1.00. The lowest BCUT2D eigenvalue weighted by Gasteiger charge is -2.06. The lowest BCUT2D eigenvalue weighted by molar-refractivity contribution is -0.135. The highest BCUT2D eigenvalue weighted by Crippen LogP contribution is 2.20. The molecule has 0 heterocycles. The second-order valence-corrected chi connectivity index (χ2v) is 4.65. The molecule has 0 aromatic heterocycles. The largest absolute Gasteiger partial charge is 0.389 e. The Hall–Kier alpha value is -0.100. The highest BCUT2D eigenvalue weighted by Gasteiger charge is 2.25. The van der Waals surface area contributed by atoms with Crippen molar-refractivity contribution in [2.24, 2.45) is 0 Å². The van der Waals surface area contributed by atoms with Gasteiger partial charge in [0.2, 0.25) is 0 Å². The average molecular weight is 231 g/mol. The summed E-state index contributed by atoms with van der Waals surface area (Å²) in [6, 6.07) is 0. The normalized spacial score (nSPS) is 14.3. The molecule has 0 aromatic rings. The molecule has 1 unspecified atom stereocenters. The smallest absolute Gasteiger partial charge is 0.317 e. The first-order valence-electron chi connectivity index (χ1n) is 4.49. The molecule has 0 amide bonds. The van der Waals surface area contributed by atoms with Gasteiger partial charge in [0.05, 0.1) is 0 Å². The van der Waals surface area contributed by atoms with Crippen LogP contribution in [0, 0.1) is 0 Å². The first kappa shape index (κ1) is 13.9. The maximum absolute atomic E-state index is 11.7. The van der Waals surface area contributed by atoms with E-state index in [1.807, 2.05) is 0 Å². The Kier molecular flexibility index (Phi) is 7.17. The van der Waals surface area contributed by atoms with Crippen molar-refractivity contribution in [2.75, 3.05) is 25.1 Å². The number of hydrogen-bond acceptors (Lipinski definition) is 2. The van der Waals surface area contributed by atoms with Crippen molar-refractivity contribution in [3.05, 3.63) is 0 Å². The molecule has 0 radical (unpaired) electrons. The zero-order valence-corrected chi connectivity index (χ0v) is 9.01. The highest BCUT2D eigenvalue weighted by atomic mass is 32.2. The Morgan fingerprint density at radius 1 is 1.21 bits per heavy atom. The summed E-state index contributed by atoms with van der Waals surface area (Å²) in [7, 11) is -0.807. The molecule has 86 valence electrons. The van der Waals surface area contributed by atoms with E-state index >= 15 is 0 Å². The fourth-order valence-corrected chi connectivity index (χ4v) is 1.49. The molecule has 1 atom stereocenters. The average Bonchev–Trinajstić information content (AvgIpc) is 2.00. The van der Waals surface area contributed by atoms with Crippen molar-refractivity contribution in [3.8, 4) is 0 Å². The molecule has 0 saturated heterocycles. The lowest BCUT2D eigenvalue weighted by Crippen LogP contribution is -2.20. The van der Waals surface area contributed by atoms with Gasteiger partial charge < -0.3 is 5.32 Å². The van der Waals surface area contributed by atoms with Gasteiger partial charge in [-0.3, -0.25) is 4.21 Å². The van der Waals surface area contributed by atoms with Gasteiger partial charge in [-0.15, -0.1) is 0 Å². The third-order valence-corrected chi connectivity index (χ3v) is 2.46. The summed E-state index contributed by atoms with van der Waals surface area (Å²) in [6.45, 7) is 1.01. The number of halogens is 3. The number of nitrogens with one attached hydrogen (secondary N) is 1. The molecule has 0 rings (SSSR count). The van der Waals surface area contributed by atoms with Crippen molar-refractivity contribution in [2.45, 2.75) is 25.4 Å². The summed E-state index contributed by atoms with van der Waals surface area (Å²) in [5, 5.41) is 2.88. The van der Waals surface area contributed by atoms with Crippen LogP contribution in [-0.4, -0.2) is 35.5 Å². The Morgan fingerprint density at radius 2 is 1.79 bits per heavy atom. The second-order valence-electron chi connectivity index (χ2n) is 3.10. The molecule has 0 aliphatic heterocycles. The summed E-state index contributed by atoms with van der Waals surface area (Å²) in [4.78, 5) is 0. The van der Waals surface area contributed by atoms with Crippen LogP contribution in [0.4, 0.5) is 13.2 Å². The second kappa shape index (κ2) is 7.23. The number of rotatable bonds is 7. The molecule has 6 heteroatoms. The van der Waals surface area contributed by atoms with Gasteiger partial charge in [0.1, 0.15) is 0 Å². The summed E-state index contributed by atoms with van der Waals surface area (Å²) >= 11 is 0. The van der Waals surface area contributed by atoms with Crippen molar-refractivity contribution in [1.29, 1.82) is 0 Å². The SMILES string of the molecule is CS(=O)CCCNCCCC(F)(F)F. The van der Waals surface area contributed by atoms with Crippen molar-refractivity contribution in [1.82, 2.24) is 5.32 Å². The van der Waals surface area contributed by atoms with Gasteiger partial charge in [-0.1, -0.05) is 0 Å². The van der Waals surface area contributed by atoms with Crippen molar-refractivity contribution in [3.63, 3.8) is 0 Å². The van der Waals surface area contributed by atoms with Crippen LogP contribution in [0.3, 0.4) is 0 Å². The van der Waals surface area contributed by atoms with E-state index in [1.165, 1.54) is 0 Å². The van der Waals surface area contributed by atoms with Gasteiger partial charge in [-0.2, -0.15) is 13.2 Å². The van der Waals surface area contributed by atoms with Crippen LogP contribution in [-0.2, 0) is 10.8 Å². The molecule has 1 N–H and O–H groups in total. The van der Waals surface area contributed by atoms with E-state index < -0.39 is 23.4 Å². The zero-order chi connectivity index (χ0) is 11.0. The van der Waals surface area contributed by atoms with E-state index in [0.29, 0.717) is 18.8 Å². The minimum absolute atomic E-state index is 0.110. The molecular formula is C8H16F3NOS. The third kappa shape index (κ3) is 11.9. The number of alkyl halides is 3. The van der Waals surface area contributed by atoms with Crippen LogP contribution in [0.1, 0.15) is 19.3 Å². The lowest BCUT2D eigenvalue weighted by atomic mass is 10.3. The molecule has 0 spiro atoms. The van der Waals surface area contributed by atoms with Crippen LogP contribution in [0.25, 0.3) is 0 Å². The zero-order valence-electron chi connectivity index (χ0n) is 8.19. The van der Waals surface area contributed by atoms with Gasteiger partial charge in [-0.25, -0.2) is 0 Å². The summed E-state index contributed by atoms with van der Waals surface area (Å²) < 4.78 is 45.6. The number of hydrogen-bond donors (Lipinski definition) is 1. The van der Waals surface area contributed by atoms with Crippen LogP contribution in [0.5, 0.6) is 0 Å². The van der Waals surface area contributed by atoms with E-state index in [0.717, 1.165) is 6.42 Å². The van der Waals surface area contributed by atoms with E-state index in [4.69, 9.17) is 0 Å². The first-order chi connectivity index (χ1) is 6.42. The molecule has 0 aliphatic carbocycles. The Balaban J connectivity index is 3.11. The standard InChI is InChI=1S/C8H16F3NOS/c1-14(13)7-3-6-12-5-2-4-8(9,10)11/h12H,2-7H2,1H3. The topological polar surface area (TPSA) is 29.1 Å².